The smallest absolute Gasteiger partial charge is 0.0590 e. The lowest BCUT2D eigenvalue weighted by molar-refractivity contribution is 0.0320. The molecular weight excluding hydrogens is 166 g/mol. The van der Waals surface area contributed by atoms with Crippen molar-refractivity contribution in [2.75, 3.05) is 33.4 Å². The van der Waals surface area contributed by atoms with Crippen LogP contribution in [0.1, 0.15) is 19.8 Å². The second kappa shape index (κ2) is 5.58. The molecule has 3 nitrogen and oxygen atoms in total. The maximum absolute atomic E-state index is 9.52. The lowest BCUT2D eigenvalue weighted by atomic mass is 9.97. The molecule has 0 aromatic rings. The number of hydrogen-bond acceptors (Lipinski definition) is 3. The van der Waals surface area contributed by atoms with Crippen LogP contribution >= 0.6 is 0 Å². The molecule has 1 aliphatic heterocycles. The summed E-state index contributed by atoms with van der Waals surface area (Å²) >= 11 is 0. The third kappa shape index (κ3) is 3.63. The number of piperidine rings is 1. The molecule has 0 bridgehead atoms. The highest BCUT2D eigenvalue weighted by Gasteiger charge is 2.23. The first-order chi connectivity index (χ1) is 6.24. The number of likely N-dealkylation sites (tertiary alicyclic amines) is 1. The van der Waals surface area contributed by atoms with Crippen LogP contribution in [0, 0.1) is 5.92 Å². The zero-order chi connectivity index (χ0) is 9.68. The normalized spacial score (nSPS) is 30.7. The van der Waals surface area contributed by atoms with E-state index in [4.69, 9.17) is 4.74 Å². The number of nitrogens with zero attached hydrogens (tertiary/aromatic N) is 1. The third-order valence-corrected chi connectivity index (χ3v) is 2.77. The van der Waals surface area contributed by atoms with Crippen LogP contribution < -0.4 is 0 Å². The van der Waals surface area contributed by atoms with Crippen LogP contribution in [-0.2, 0) is 4.74 Å². The van der Waals surface area contributed by atoms with Gasteiger partial charge in [0.05, 0.1) is 6.10 Å². The summed E-state index contributed by atoms with van der Waals surface area (Å²) in [5, 5.41) is 9.52. The van der Waals surface area contributed by atoms with E-state index in [2.05, 4.69) is 11.8 Å². The Bertz CT molecular complexity index is 141. The zero-order valence-electron chi connectivity index (χ0n) is 8.70. The number of aliphatic hydroxyl groups is 1. The van der Waals surface area contributed by atoms with Gasteiger partial charge in [0, 0.05) is 33.4 Å². The quantitative estimate of drug-likeness (QED) is 0.658. The summed E-state index contributed by atoms with van der Waals surface area (Å²) in [6.07, 6.45) is 1.94. The Balaban J connectivity index is 2.14. The Labute approximate surface area is 80.7 Å². The summed E-state index contributed by atoms with van der Waals surface area (Å²) in [6, 6.07) is 0. The molecule has 2 unspecified atom stereocenters. The molecule has 0 amide bonds. The molecule has 1 aliphatic rings. The van der Waals surface area contributed by atoms with Crippen molar-refractivity contribution in [1.29, 1.82) is 0 Å². The van der Waals surface area contributed by atoms with Crippen LogP contribution in [0.2, 0.25) is 0 Å². The van der Waals surface area contributed by atoms with Gasteiger partial charge in [-0.1, -0.05) is 6.92 Å². The molecule has 0 spiro atoms. The van der Waals surface area contributed by atoms with E-state index in [-0.39, 0.29) is 6.10 Å². The van der Waals surface area contributed by atoms with Crippen molar-refractivity contribution in [1.82, 2.24) is 4.90 Å². The van der Waals surface area contributed by atoms with Crippen molar-refractivity contribution < 1.29 is 9.84 Å². The summed E-state index contributed by atoms with van der Waals surface area (Å²) in [5.41, 5.74) is 0. The average Bonchev–Trinajstić information content (AvgIpc) is 2.12. The maximum atomic E-state index is 9.52. The van der Waals surface area contributed by atoms with E-state index in [1.54, 1.807) is 7.11 Å². The monoisotopic (exact) mass is 187 g/mol. The van der Waals surface area contributed by atoms with Crippen LogP contribution in [0.5, 0.6) is 0 Å². The molecule has 0 radical (unpaired) electrons. The van der Waals surface area contributed by atoms with Crippen LogP contribution in [0.25, 0.3) is 0 Å². The average molecular weight is 187 g/mol. The van der Waals surface area contributed by atoms with Gasteiger partial charge in [0.25, 0.3) is 0 Å². The topological polar surface area (TPSA) is 32.7 Å². The van der Waals surface area contributed by atoms with Crippen molar-refractivity contribution in [2.45, 2.75) is 25.9 Å². The van der Waals surface area contributed by atoms with Crippen molar-refractivity contribution >= 4 is 0 Å². The molecule has 1 heterocycles. The van der Waals surface area contributed by atoms with Crippen molar-refractivity contribution in [3.63, 3.8) is 0 Å². The summed E-state index contributed by atoms with van der Waals surface area (Å²) < 4.78 is 5.00. The van der Waals surface area contributed by atoms with Crippen molar-refractivity contribution in [2.24, 2.45) is 5.92 Å². The molecule has 0 saturated carbocycles. The van der Waals surface area contributed by atoms with Gasteiger partial charge in [-0.2, -0.15) is 0 Å². The lowest BCUT2D eigenvalue weighted by Gasteiger charge is -2.34. The Morgan fingerprint density at radius 3 is 2.92 bits per heavy atom. The van der Waals surface area contributed by atoms with E-state index in [1.807, 2.05) is 0 Å². The minimum Gasteiger partial charge on any atom is -0.393 e. The SMILES string of the molecule is COCCCN1CCC(O)C(C)C1. The predicted molar refractivity (Wildman–Crippen MR) is 52.7 cm³/mol. The van der Waals surface area contributed by atoms with Gasteiger partial charge in [-0.15, -0.1) is 0 Å². The highest BCUT2D eigenvalue weighted by Crippen LogP contribution is 2.16. The van der Waals surface area contributed by atoms with E-state index < -0.39 is 0 Å². The van der Waals surface area contributed by atoms with Gasteiger partial charge in [0.15, 0.2) is 0 Å². The summed E-state index contributed by atoms with van der Waals surface area (Å²) in [7, 11) is 1.74. The minimum atomic E-state index is -0.0846. The molecular formula is C10H21NO2. The fraction of sp³-hybridized carbons (Fsp3) is 1.00. The standard InChI is InChI=1S/C10H21NO2/c1-9-8-11(5-3-7-13-2)6-4-10(9)12/h9-10,12H,3-8H2,1-2H3. The first kappa shape index (κ1) is 11.0. The third-order valence-electron chi connectivity index (χ3n) is 2.77. The Morgan fingerprint density at radius 1 is 1.54 bits per heavy atom. The second-order valence-electron chi connectivity index (χ2n) is 3.98. The van der Waals surface area contributed by atoms with Crippen LogP contribution in [-0.4, -0.2) is 49.5 Å². The van der Waals surface area contributed by atoms with E-state index in [0.717, 1.165) is 39.1 Å². The summed E-state index contributed by atoms with van der Waals surface area (Å²) in [4.78, 5) is 2.41. The molecule has 13 heavy (non-hydrogen) atoms. The van der Waals surface area contributed by atoms with Crippen molar-refractivity contribution in [3.8, 4) is 0 Å². The molecule has 3 heteroatoms. The fourth-order valence-corrected chi connectivity index (χ4v) is 1.86. The number of rotatable bonds is 4. The molecule has 78 valence electrons. The highest BCUT2D eigenvalue weighted by molar-refractivity contribution is 4.76. The van der Waals surface area contributed by atoms with E-state index in [1.165, 1.54) is 0 Å². The first-order valence-electron chi connectivity index (χ1n) is 5.13. The fourth-order valence-electron chi connectivity index (χ4n) is 1.86. The highest BCUT2D eigenvalue weighted by atomic mass is 16.5. The molecule has 1 fully saturated rings. The number of hydrogen-bond donors (Lipinski definition) is 1. The second-order valence-corrected chi connectivity index (χ2v) is 3.98. The van der Waals surface area contributed by atoms with Gasteiger partial charge < -0.3 is 14.7 Å². The van der Waals surface area contributed by atoms with Crippen LogP contribution in [0.15, 0.2) is 0 Å². The van der Waals surface area contributed by atoms with Crippen LogP contribution in [0.3, 0.4) is 0 Å². The summed E-state index contributed by atoms with van der Waals surface area (Å²) in [6.45, 7) is 6.13. The van der Waals surface area contributed by atoms with Gasteiger partial charge in [0.2, 0.25) is 0 Å². The minimum absolute atomic E-state index is 0.0846. The molecule has 1 rings (SSSR count). The molecule has 1 N–H and O–H groups in total. The molecule has 2 atom stereocenters. The summed E-state index contributed by atoms with van der Waals surface area (Å²) in [5.74, 6) is 0.427. The molecule has 1 saturated heterocycles. The van der Waals surface area contributed by atoms with Crippen LogP contribution in [0.4, 0.5) is 0 Å². The first-order valence-corrected chi connectivity index (χ1v) is 5.13. The number of ether oxygens (including phenoxy) is 1. The van der Waals surface area contributed by atoms with E-state index in [0.29, 0.717) is 5.92 Å². The largest absolute Gasteiger partial charge is 0.393 e. The van der Waals surface area contributed by atoms with Crippen molar-refractivity contribution in [3.05, 3.63) is 0 Å². The number of methoxy groups -OCH3 is 1. The lowest BCUT2D eigenvalue weighted by Crippen LogP contribution is -2.42. The molecule has 0 aliphatic carbocycles. The van der Waals surface area contributed by atoms with Gasteiger partial charge in [-0.3, -0.25) is 0 Å². The van der Waals surface area contributed by atoms with E-state index in [9.17, 15) is 5.11 Å². The Kier molecular flexibility index (Phi) is 4.70. The Hall–Kier alpha value is -0.120. The maximum Gasteiger partial charge on any atom is 0.0590 e. The number of aliphatic hydroxyl groups excluding tert-OH is 1. The Morgan fingerprint density at radius 2 is 2.31 bits per heavy atom. The van der Waals surface area contributed by atoms with Gasteiger partial charge >= 0.3 is 0 Å². The zero-order valence-corrected chi connectivity index (χ0v) is 8.70. The predicted octanol–water partition coefficient (Wildman–Crippen LogP) is 0.726. The van der Waals surface area contributed by atoms with E-state index >= 15 is 0 Å². The van der Waals surface area contributed by atoms with Gasteiger partial charge in [0.1, 0.15) is 0 Å². The van der Waals surface area contributed by atoms with Gasteiger partial charge in [-0.25, -0.2) is 0 Å². The molecule has 0 aromatic carbocycles. The van der Waals surface area contributed by atoms with Gasteiger partial charge in [-0.05, 0) is 18.8 Å². The molecule has 0 aromatic heterocycles.